The first-order valence-corrected chi connectivity index (χ1v) is 12.0. The number of nitrogens with zero attached hydrogens (tertiary/aromatic N) is 3. The summed E-state index contributed by atoms with van der Waals surface area (Å²) in [5.74, 6) is -2.53. The molecular formula is C19H18N5NaO7S2. The van der Waals surface area contributed by atoms with Crippen LogP contribution in [0.4, 0.5) is 9.93 Å². The normalized spacial score (nSPS) is 25.7. The molecule has 174 valence electrons. The molecule has 15 heteroatoms. The maximum atomic E-state index is 13.4. The maximum absolute atomic E-state index is 13.4. The van der Waals surface area contributed by atoms with Crippen molar-refractivity contribution in [3.05, 3.63) is 46.7 Å². The summed E-state index contributed by atoms with van der Waals surface area (Å²) in [6, 6.07) is 3.04. The minimum Gasteiger partial charge on any atom is -0.548 e. The number of β-lactam (4-membered cyclic amide) rings is 1. The van der Waals surface area contributed by atoms with Gasteiger partial charge in [0.15, 0.2) is 20.3 Å². The van der Waals surface area contributed by atoms with Gasteiger partial charge < -0.3 is 30.6 Å². The molecule has 2 aliphatic heterocycles. The number of nitrogens with one attached hydrogen (secondary N) is 1. The Morgan fingerprint density at radius 2 is 2.15 bits per heavy atom. The average molecular weight is 516 g/mol. The summed E-state index contributed by atoms with van der Waals surface area (Å²) in [5, 5.41) is 14.7. The van der Waals surface area contributed by atoms with Gasteiger partial charge in [0.2, 0.25) is 0 Å². The molecule has 34 heavy (non-hydrogen) atoms. The van der Waals surface area contributed by atoms with Crippen molar-refractivity contribution >= 4 is 50.4 Å². The van der Waals surface area contributed by atoms with Gasteiger partial charge in [0.25, 0.3) is 5.91 Å². The molecule has 2 saturated heterocycles. The smallest absolute Gasteiger partial charge is 0.548 e. The fourth-order valence-electron chi connectivity index (χ4n) is 3.82. The second-order valence-electron chi connectivity index (χ2n) is 7.61. The van der Waals surface area contributed by atoms with Crippen molar-refractivity contribution in [3.8, 4) is 0 Å². The van der Waals surface area contributed by atoms with Gasteiger partial charge in [0.05, 0.1) is 35.5 Å². The molecule has 4 rings (SSSR count). The Morgan fingerprint density at radius 1 is 1.41 bits per heavy atom. The number of anilines is 1. The number of hydrogen-bond acceptors (Lipinski definition) is 11. The van der Waals surface area contributed by atoms with Crippen LogP contribution in [-0.2, 0) is 30.7 Å². The largest absolute Gasteiger partial charge is 1.00 e. The predicted molar refractivity (Wildman–Crippen MR) is 114 cm³/mol. The van der Waals surface area contributed by atoms with E-state index in [-0.39, 0.29) is 41.7 Å². The number of pyridine rings is 1. The summed E-state index contributed by atoms with van der Waals surface area (Å²) in [6.07, 6.45) is 1.78. The number of fused-ring (bicyclic) bond motifs is 1. The van der Waals surface area contributed by atoms with Crippen molar-refractivity contribution in [2.75, 3.05) is 12.3 Å². The summed E-state index contributed by atoms with van der Waals surface area (Å²) in [5.41, 5.74) is 6.21. The molecule has 4 heterocycles. The second kappa shape index (κ2) is 9.62. The Balaban J connectivity index is 0.00000324. The standard InChI is InChI=1S/C19H19N5O7S2.Na/c1-19(9-31-18(28)22-7-11-8-32-17(20)23-11)13(16(26)27)24-14(25)12(15(24)33(19,29)30)6-10-4-2-3-5-21-10;/h2-6,8,13,15H,7,9H2,1H3,(H2,20,23)(H,22,28)(H,26,27);/q;+1/p-1/b12-6+;/t13-,15+,19-;/m0./s1. The van der Waals surface area contributed by atoms with Gasteiger partial charge in [-0.05, 0) is 25.1 Å². The number of sulfone groups is 1. The van der Waals surface area contributed by atoms with E-state index >= 15 is 0 Å². The van der Waals surface area contributed by atoms with Crippen LogP contribution in [0.25, 0.3) is 6.08 Å². The van der Waals surface area contributed by atoms with Crippen LogP contribution in [0.5, 0.6) is 0 Å². The first-order valence-electron chi connectivity index (χ1n) is 9.56. The Morgan fingerprint density at radius 3 is 2.74 bits per heavy atom. The molecule has 2 amide bonds. The number of aliphatic carboxylic acids is 1. The Labute approximate surface area is 220 Å². The summed E-state index contributed by atoms with van der Waals surface area (Å²) >= 11 is 1.18. The number of carbonyl (C=O) groups excluding carboxylic acids is 3. The van der Waals surface area contributed by atoms with Gasteiger partial charge >= 0.3 is 35.7 Å². The van der Waals surface area contributed by atoms with E-state index in [4.69, 9.17) is 10.5 Å². The van der Waals surface area contributed by atoms with Crippen LogP contribution >= 0.6 is 11.3 Å². The number of alkyl carbamates (subject to hydrolysis) is 1. The molecule has 0 radical (unpaired) electrons. The number of carboxylic acids is 1. The fraction of sp³-hybridized carbons (Fsp3) is 0.316. The topological polar surface area (TPSA) is 185 Å². The number of hydrogen-bond donors (Lipinski definition) is 2. The van der Waals surface area contributed by atoms with Gasteiger partial charge in [-0.15, -0.1) is 11.3 Å². The van der Waals surface area contributed by atoms with Crippen LogP contribution in [0, 0.1) is 0 Å². The van der Waals surface area contributed by atoms with E-state index in [1.807, 2.05) is 0 Å². The first-order chi connectivity index (χ1) is 15.6. The van der Waals surface area contributed by atoms with E-state index in [1.165, 1.54) is 23.6 Å². The number of nitrogen functional groups attached to an aromatic ring is 1. The average Bonchev–Trinajstić information content (AvgIpc) is 3.26. The van der Waals surface area contributed by atoms with Crippen LogP contribution in [-0.4, -0.2) is 64.0 Å². The van der Waals surface area contributed by atoms with Gasteiger partial charge in [-0.1, -0.05) is 6.07 Å². The monoisotopic (exact) mass is 515 g/mol. The molecule has 2 aromatic rings. The molecule has 12 nitrogen and oxygen atoms in total. The summed E-state index contributed by atoms with van der Waals surface area (Å²) in [4.78, 5) is 45.4. The van der Waals surface area contributed by atoms with Crippen molar-refractivity contribution in [3.63, 3.8) is 0 Å². The number of ether oxygens (including phenoxy) is 1. The van der Waals surface area contributed by atoms with E-state index in [0.29, 0.717) is 16.5 Å². The zero-order valence-electron chi connectivity index (χ0n) is 18.1. The molecular weight excluding hydrogens is 497 g/mol. The molecule has 2 aliphatic rings. The fourth-order valence-corrected chi connectivity index (χ4v) is 6.66. The minimum absolute atomic E-state index is 0. The van der Waals surface area contributed by atoms with E-state index in [1.54, 1.807) is 23.6 Å². The molecule has 0 saturated carbocycles. The van der Waals surface area contributed by atoms with Crippen LogP contribution in [0.15, 0.2) is 35.3 Å². The van der Waals surface area contributed by atoms with Crippen LogP contribution < -0.4 is 45.7 Å². The number of amides is 2. The SMILES string of the molecule is C[C@]1(COC(=O)NCc2csc(N)n2)[C@H](C(=O)[O-])N2C(=O)/C(=C\c3ccccn3)[C@H]2S1(=O)=O.[Na+]. The molecule has 3 N–H and O–H groups in total. The van der Waals surface area contributed by atoms with Crippen molar-refractivity contribution < 1.29 is 62.2 Å². The zero-order chi connectivity index (χ0) is 24.0. The number of nitrogens with two attached hydrogens (primary N) is 1. The van der Waals surface area contributed by atoms with E-state index in [0.717, 1.165) is 11.8 Å². The van der Waals surface area contributed by atoms with Gasteiger partial charge in [-0.25, -0.2) is 18.2 Å². The van der Waals surface area contributed by atoms with Gasteiger partial charge in [0.1, 0.15) is 11.4 Å². The Kier molecular flexibility index (Phi) is 7.38. The summed E-state index contributed by atoms with van der Waals surface area (Å²) in [7, 11) is -4.33. The third-order valence-electron chi connectivity index (χ3n) is 5.49. The van der Waals surface area contributed by atoms with E-state index < -0.39 is 50.6 Å². The third-order valence-corrected chi connectivity index (χ3v) is 8.92. The van der Waals surface area contributed by atoms with Crippen LogP contribution in [0.2, 0.25) is 0 Å². The predicted octanol–water partition coefficient (Wildman–Crippen LogP) is -4.09. The molecule has 0 bridgehead atoms. The van der Waals surface area contributed by atoms with Crippen molar-refractivity contribution in [1.82, 2.24) is 20.2 Å². The third kappa shape index (κ3) is 4.31. The quantitative estimate of drug-likeness (QED) is 0.218. The number of rotatable bonds is 6. The van der Waals surface area contributed by atoms with Gasteiger partial charge in [-0.2, -0.15) is 0 Å². The first kappa shape index (κ1) is 26.1. The number of carbonyl (C=O) groups is 3. The van der Waals surface area contributed by atoms with Crippen LogP contribution in [0.3, 0.4) is 0 Å². The molecule has 3 atom stereocenters. The van der Waals surface area contributed by atoms with Crippen LogP contribution in [0.1, 0.15) is 18.3 Å². The van der Waals surface area contributed by atoms with E-state index in [9.17, 15) is 27.9 Å². The van der Waals surface area contributed by atoms with Crippen molar-refractivity contribution in [1.29, 1.82) is 0 Å². The maximum Gasteiger partial charge on any atom is 1.00 e. The van der Waals surface area contributed by atoms with E-state index in [2.05, 4.69) is 15.3 Å². The molecule has 2 fully saturated rings. The summed E-state index contributed by atoms with van der Waals surface area (Å²) < 4.78 is 29.6. The molecule has 0 unspecified atom stereocenters. The van der Waals surface area contributed by atoms with Crippen molar-refractivity contribution in [2.45, 2.75) is 29.6 Å². The Hall–Kier alpha value is -2.52. The molecule has 2 aromatic heterocycles. The minimum atomic E-state index is -4.33. The molecule has 0 aromatic carbocycles. The number of aromatic nitrogens is 2. The second-order valence-corrected chi connectivity index (χ2v) is 11.0. The van der Waals surface area contributed by atoms with Gasteiger partial charge in [0, 0.05) is 11.6 Å². The summed E-state index contributed by atoms with van der Waals surface area (Å²) in [6.45, 7) is 0.279. The number of thiazole rings is 1. The zero-order valence-corrected chi connectivity index (χ0v) is 21.8. The van der Waals surface area contributed by atoms with Gasteiger partial charge in [-0.3, -0.25) is 9.78 Å². The molecule has 0 aliphatic carbocycles. The van der Waals surface area contributed by atoms with Crippen molar-refractivity contribution in [2.24, 2.45) is 0 Å². The molecule has 0 spiro atoms. The number of carboxylic acid groups (broad SMARTS) is 1. The Bertz CT molecular complexity index is 1270.